The first-order valence-corrected chi connectivity index (χ1v) is 5.38. The summed E-state index contributed by atoms with van der Waals surface area (Å²) in [4.78, 5) is 4.36. The summed E-state index contributed by atoms with van der Waals surface area (Å²) in [6.07, 6.45) is 0. The van der Waals surface area contributed by atoms with Crippen LogP contribution < -0.4 is 5.73 Å². The lowest BCUT2D eigenvalue weighted by atomic mass is 10.2. The van der Waals surface area contributed by atoms with Gasteiger partial charge in [0.15, 0.2) is 0 Å². The fourth-order valence-corrected chi connectivity index (χ4v) is 1.96. The molecule has 0 aliphatic rings. The number of benzene rings is 1. The van der Waals surface area contributed by atoms with E-state index in [-0.39, 0.29) is 0 Å². The van der Waals surface area contributed by atoms with E-state index in [1.807, 2.05) is 22.8 Å². The molecule has 86 valence electrons. The van der Waals surface area contributed by atoms with Gasteiger partial charge in [0.1, 0.15) is 0 Å². The molecular formula is C12H17N3O. The summed E-state index contributed by atoms with van der Waals surface area (Å²) < 4.78 is 7.13. The highest BCUT2D eigenvalue weighted by molar-refractivity contribution is 5.79. The third-order valence-corrected chi connectivity index (χ3v) is 2.61. The molecule has 4 heteroatoms. The van der Waals surface area contributed by atoms with Crippen LogP contribution in [0.2, 0.25) is 0 Å². The Morgan fingerprint density at radius 3 is 2.81 bits per heavy atom. The highest BCUT2D eigenvalue weighted by Gasteiger charge is 2.10. The zero-order valence-corrected chi connectivity index (χ0v) is 9.90. The smallest absolute Gasteiger partial charge is 0.201 e. The molecule has 0 amide bonds. The van der Waals surface area contributed by atoms with Crippen LogP contribution in [-0.2, 0) is 11.3 Å². The summed E-state index contributed by atoms with van der Waals surface area (Å²) in [6, 6.07) is 6.44. The van der Waals surface area contributed by atoms with Crippen molar-refractivity contribution in [2.75, 3.05) is 12.8 Å². The van der Waals surface area contributed by atoms with Crippen LogP contribution in [0.3, 0.4) is 0 Å². The second kappa shape index (κ2) is 4.14. The summed E-state index contributed by atoms with van der Waals surface area (Å²) in [6.45, 7) is 4.80. The average molecular weight is 219 g/mol. The Labute approximate surface area is 95.0 Å². The molecule has 2 rings (SSSR count). The van der Waals surface area contributed by atoms with E-state index in [0.29, 0.717) is 18.6 Å². The molecule has 0 radical (unpaired) electrons. The van der Waals surface area contributed by atoms with Crippen molar-refractivity contribution in [3.05, 3.63) is 23.8 Å². The number of ether oxygens (including phenoxy) is 1. The van der Waals surface area contributed by atoms with Crippen LogP contribution in [0.5, 0.6) is 0 Å². The fourth-order valence-electron chi connectivity index (χ4n) is 1.96. The third kappa shape index (κ3) is 1.76. The van der Waals surface area contributed by atoms with Gasteiger partial charge in [-0.2, -0.15) is 0 Å². The molecule has 1 aromatic carbocycles. The summed E-state index contributed by atoms with van der Waals surface area (Å²) in [5.74, 6) is 0.569. The molecule has 0 spiro atoms. The van der Waals surface area contributed by atoms with E-state index in [1.165, 1.54) is 0 Å². The fraction of sp³-hybridized carbons (Fsp3) is 0.417. The topological polar surface area (TPSA) is 53.1 Å². The summed E-state index contributed by atoms with van der Waals surface area (Å²) >= 11 is 0. The van der Waals surface area contributed by atoms with Crippen molar-refractivity contribution in [2.45, 2.75) is 26.5 Å². The van der Waals surface area contributed by atoms with Crippen molar-refractivity contribution in [2.24, 2.45) is 0 Å². The van der Waals surface area contributed by atoms with Gasteiger partial charge in [-0.15, -0.1) is 0 Å². The van der Waals surface area contributed by atoms with Gasteiger partial charge >= 0.3 is 0 Å². The third-order valence-electron chi connectivity index (χ3n) is 2.61. The number of fused-ring (bicyclic) bond motifs is 1. The van der Waals surface area contributed by atoms with Gasteiger partial charge < -0.3 is 15.0 Å². The Hall–Kier alpha value is -1.55. The molecule has 1 heterocycles. The normalized spacial score (nSPS) is 11.5. The predicted molar refractivity (Wildman–Crippen MR) is 65.2 cm³/mol. The number of hydrogen-bond donors (Lipinski definition) is 1. The van der Waals surface area contributed by atoms with Gasteiger partial charge in [-0.3, -0.25) is 0 Å². The molecule has 0 atom stereocenters. The quantitative estimate of drug-likeness (QED) is 0.862. The van der Waals surface area contributed by atoms with Gasteiger partial charge in [0.25, 0.3) is 0 Å². The number of nitrogens with two attached hydrogens (primary N) is 1. The number of rotatable bonds is 3. The van der Waals surface area contributed by atoms with Crippen molar-refractivity contribution < 1.29 is 4.74 Å². The second-order valence-electron chi connectivity index (χ2n) is 4.19. The molecule has 0 aliphatic heterocycles. The lowest BCUT2D eigenvalue weighted by Gasteiger charge is -2.10. The monoisotopic (exact) mass is 219 g/mol. The molecule has 0 aliphatic carbocycles. The lowest BCUT2D eigenvalue weighted by Crippen LogP contribution is -2.05. The van der Waals surface area contributed by atoms with Crippen molar-refractivity contribution in [1.29, 1.82) is 0 Å². The zero-order valence-electron chi connectivity index (χ0n) is 9.90. The average Bonchev–Trinajstić information content (AvgIpc) is 2.53. The van der Waals surface area contributed by atoms with Crippen LogP contribution in [0.25, 0.3) is 11.0 Å². The van der Waals surface area contributed by atoms with Gasteiger partial charge in [0, 0.05) is 13.2 Å². The Bertz CT molecular complexity index is 502. The van der Waals surface area contributed by atoms with E-state index in [0.717, 1.165) is 16.6 Å². The summed E-state index contributed by atoms with van der Waals surface area (Å²) in [5.41, 5.74) is 9.02. The molecule has 0 saturated carbocycles. The maximum atomic E-state index is 5.90. The minimum atomic E-state index is 0.318. The number of nitrogen functional groups attached to an aromatic ring is 1. The highest BCUT2D eigenvalue weighted by Crippen LogP contribution is 2.23. The van der Waals surface area contributed by atoms with Crippen molar-refractivity contribution >= 4 is 17.0 Å². The minimum Gasteiger partial charge on any atom is -0.380 e. The van der Waals surface area contributed by atoms with E-state index in [9.17, 15) is 0 Å². The molecule has 1 aromatic heterocycles. The predicted octanol–water partition coefficient (Wildman–Crippen LogP) is 2.35. The van der Waals surface area contributed by atoms with Gasteiger partial charge in [0.05, 0.1) is 17.6 Å². The first-order chi connectivity index (χ1) is 7.63. The Morgan fingerprint density at radius 2 is 2.19 bits per heavy atom. The van der Waals surface area contributed by atoms with Crippen LogP contribution >= 0.6 is 0 Å². The number of imidazole rings is 1. The van der Waals surface area contributed by atoms with Crippen LogP contribution in [0, 0.1) is 0 Å². The Kier molecular flexibility index (Phi) is 2.83. The SMILES string of the molecule is COCc1ccc2c(c1)nc(N)n2C(C)C. The Morgan fingerprint density at radius 1 is 1.44 bits per heavy atom. The van der Waals surface area contributed by atoms with E-state index >= 15 is 0 Å². The standard InChI is InChI=1S/C12H17N3O/c1-8(2)15-11-5-4-9(7-16-3)6-10(11)14-12(15)13/h4-6,8H,7H2,1-3H3,(H2,13,14). The highest BCUT2D eigenvalue weighted by atomic mass is 16.5. The van der Waals surface area contributed by atoms with E-state index in [1.54, 1.807) is 7.11 Å². The molecule has 0 bridgehead atoms. The Balaban J connectivity index is 2.56. The molecule has 16 heavy (non-hydrogen) atoms. The van der Waals surface area contributed by atoms with Crippen molar-refractivity contribution in [3.63, 3.8) is 0 Å². The summed E-state index contributed by atoms with van der Waals surface area (Å²) in [7, 11) is 1.69. The van der Waals surface area contributed by atoms with E-state index < -0.39 is 0 Å². The minimum absolute atomic E-state index is 0.318. The van der Waals surface area contributed by atoms with Crippen LogP contribution in [0.1, 0.15) is 25.5 Å². The van der Waals surface area contributed by atoms with Gasteiger partial charge in [-0.05, 0) is 31.5 Å². The number of hydrogen-bond acceptors (Lipinski definition) is 3. The van der Waals surface area contributed by atoms with E-state index in [2.05, 4.69) is 18.8 Å². The van der Waals surface area contributed by atoms with Crippen molar-refractivity contribution in [1.82, 2.24) is 9.55 Å². The number of nitrogens with zero attached hydrogens (tertiary/aromatic N) is 2. The maximum Gasteiger partial charge on any atom is 0.201 e. The van der Waals surface area contributed by atoms with Gasteiger partial charge in [0.2, 0.25) is 5.95 Å². The zero-order chi connectivity index (χ0) is 11.7. The van der Waals surface area contributed by atoms with Crippen LogP contribution in [-0.4, -0.2) is 16.7 Å². The number of methoxy groups -OCH3 is 1. The van der Waals surface area contributed by atoms with E-state index in [4.69, 9.17) is 10.5 Å². The largest absolute Gasteiger partial charge is 0.380 e. The lowest BCUT2D eigenvalue weighted by molar-refractivity contribution is 0.185. The molecular weight excluding hydrogens is 202 g/mol. The maximum absolute atomic E-state index is 5.90. The van der Waals surface area contributed by atoms with Gasteiger partial charge in [-0.25, -0.2) is 4.98 Å². The number of aromatic nitrogens is 2. The van der Waals surface area contributed by atoms with Crippen LogP contribution in [0.4, 0.5) is 5.95 Å². The second-order valence-corrected chi connectivity index (χ2v) is 4.19. The number of anilines is 1. The first-order valence-electron chi connectivity index (χ1n) is 5.38. The molecule has 4 nitrogen and oxygen atoms in total. The summed E-state index contributed by atoms with van der Waals surface area (Å²) in [5, 5.41) is 0. The molecule has 2 aromatic rings. The molecule has 2 N–H and O–H groups in total. The van der Waals surface area contributed by atoms with Gasteiger partial charge in [-0.1, -0.05) is 6.07 Å². The first kappa shape index (κ1) is 11.0. The van der Waals surface area contributed by atoms with Crippen molar-refractivity contribution in [3.8, 4) is 0 Å². The molecule has 0 unspecified atom stereocenters. The molecule has 0 saturated heterocycles. The molecule has 0 fully saturated rings. The van der Waals surface area contributed by atoms with Crippen LogP contribution in [0.15, 0.2) is 18.2 Å².